The van der Waals surface area contributed by atoms with Crippen molar-refractivity contribution < 1.29 is 0 Å². The highest BCUT2D eigenvalue weighted by molar-refractivity contribution is 7.71. The summed E-state index contributed by atoms with van der Waals surface area (Å²) < 4.78 is 0.679. The number of benzene rings is 1. The first kappa shape index (κ1) is 10.1. The molecular formula is C13H9N3S. The molecule has 0 spiro atoms. The number of rotatable bonds is 1. The molecule has 2 heterocycles. The lowest BCUT2D eigenvalue weighted by atomic mass is 10.0. The predicted molar refractivity (Wildman–Crippen MR) is 70.2 cm³/mol. The number of aromatic nitrogens is 3. The largest absolute Gasteiger partial charge is 0.337 e. The molecule has 0 bridgehead atoms. The maximum atomic E-state index is 5.27. The molecule has 2 aromatic heterocycles. The van der Waals surface area contributed by atoms with Gasteiger partial charge in [0.25, 0.3) is 0 Å². The van der Waals surface area contributed by atoms with Crippen molar-refractivity contribution in [3.8, 4) is 11.1 Å². The average Bonchev–Trinajstić information content (AvgIpc) is 2.39. The van der Waals surface area contributed by atoms with Gasteiger partial charge < -0.3 is 4.98 Å². The van der Waals surface area contributed by atoms with E-state index >= 15 is 0 Å². The third kappa shape index (κ3) is 1.72. The number of aromatic amines is 1. The first-order valence-corrected chi connectivity index (χ1v) is 5.63. The number of hydrogen-bond donors (Lipinski definition) is 1. The van der Waals surface area contributed by atoms with E-state index in [9.17, 15) is 0 Å². The van der Waals surface area contributed by atoms with Crippen LogP contribution in [-0.4, -0.2) is 15.0 Å². The van der Waals surface area contributed by atoms with Crippen LogP contribution in [0.5, 0.6) is 0 Å². The summed E-state index contributed by atoms with van der Waals surface area (Å²) in [6.07, 6.45) is 7.03. The van der Waals surface area contributed by atoms with E-state index < -0.39 is 0 Å². The van der Waals surface area contributed by atoms with Gasteiger partial charge in [0.15, 0.2) is 0 Å². The molecule has 82 valence electrons. The smallest absolute Gasteiger partial charge is 0.113 e. The molecule has 1 aromatic carbocycles. The van der Waals surface area contributed by atoms with Gasteiger partial charge in [-0.2, -0.15) is 0 Å². The van der Waals surface area contributed by atoms with Gasteiger partial charge in [-0.05, 0) is 5.39 Å². The summed E-state index contributed by atoms with van der Waals surface area (Å²) >= 11 is 5.27. The molecule has 0 radical (unpaired) electrons. The summed E-state index contributed by atoms with van der Waals surface area (Å²) in [5, 5.41) is 2.23. The molecule has 3 rings (SSSR count). The molecule has 0 atom stereocenters. The maximum absolute atomic E-state index is 5.27. The second-order valence-electron chi connectivity index (χ2n) is 3.70. The van der Waals surface area contributed by atoms with Gasteiger partial charge in [0.1, 0.15) is 4.64 Å². The molecule has 0 saturated carbocycles. The summed E-state index contributed by atoms with van der Waals surface area (Å²) in [4.78, 5) is 11.3. The fraction of sp³-hybridized carbons (Fsp3) is 0. The number of H-pyrrole nitrogens is 1. The highest BCUT2D eigenvalue weighted by Crippen LogP contribution is 2.26. The van der Waals surface area contributed by atoms with Crippen molar-refractivity contribution in [2.45, 2.75) is 0 Å². The van der Waals surface area contributed by atoms with Crippen LogP contribution < -0.4 is 0 Å². The zero-order valence-electron chi connectivity index (χ0n) is 8.92. The lowest BCUT2D eigenvalue weighted by Gasteiger charge is -2.05. The Bertz CT molecular complexity index is 728. The van der Waals surface area contributed by atoms with E-state index in [2.05, 4.69) is 21.0 Å². The first-order valence-electron chi connectivity index (χ1n) is 5.22. The molecule has 3 aromatic rings. The third-order valence-corrected chi connectivity index (χ3v) is 3.01. The molecule has 3 nitrogen and oxygen atoms in total. The van der Waals surface area contributed by atoms with E-state index in [4.69, 9.17) is 12.2 Å². The third-order valence-electron chi connectivity index (χ3n) is 2.68. The Balaban J connectivity index is 2.39. The Hall–Kier alpha value is -2.07. The van der Waals surface area contributed by atoms with Crippen molar-refractivity contribution in [1.82, 2.24) is 15.0 Å². The second kappa shape index (κ2) is 4.07. The van der Waals surface area contributed by atoms with Crippen LogP contribution in [0.1, 0.15) is 0 Å². The minimum Gasteiger partial charge on any atom is -0.337 e. The molecular weight excluding hydrogens is 230 g/mol. The fourth-order valence-corrected chi connectivity index (χ4v) is 2.08. The van der Waals surface area contributed by atoms with Crippen molar-refractivity contribution in [2.24, 2.45) is 0 Å². The summed E-state index contributed by atoms with van der Waals surface area (Å²) in [7, 11) is 0. The van der Waals surface area contributed by atoms with Crippen LogP contribution in [-0.2, 0) is 0 Å². The predicted octanol–water partition coefficient (Wildman–Crippen LogP) is 3.35. The summed E-state index contributed by atoms with van der Waals surface area (Å²) in [5.74, 6) is 0. The van der Waals surface area contributed by atoms with Gasteiger partial charge in [-0.3, -0.25) is 4.98 Å². The molecule has 4 heteroatoms. The van der Waals surface area contributed by atoms with Gasteiger partial charge >= 0.3 is 0 Å². The quantitative estimate of drug-likeness (QED) is 0.662. The van der Waals surface area contributed by atoms with Crippen LogP contribution >= 0.6 is 12.2 Å². The van der Waals surface area contributed by atoms with Gasteiger partial charge in [0, 0.05) is 35.1 Å². The van der Waals surface area contributed by atoms with Crippen LogP contribution in [0.4, 0.5) is 0 Å². The normalized spacial score (nSPS) is 10.6. The molecule has 0 aliphatic carbocycles. The van der Waals surface area contributed by atoms with Crippen LogP contribution in [0.15, 0.2) is 49.2 Å². The Morgan fingerprint density at radius 1 is 0.941 bits per heavy atom. The molecule has 0 amide bonds. The van der Waals surface area contributed by atoms with Crippen molar-refractivity contribution >= 4 is 23.0 Å². The summed E-state index contributed by atoms with van der Waals surface area (Å²) in [6, 6.07) is 8.11. The Labute approximate surface area is 103 Å². The molecule has 17 heavy (non-hydrogen) atoms. The standard InChI is InChI=1S/C13H9N3S/c17-13-12(7-15-8-16-13)11-6-14-5-9-3-1-2-4-10(9)11/h1-8H,(H,15,16,17). The number of nitrogens with one attached hydrogen (secondary N) is 1. The van der Waals surface area contributed by atoms with E-state index in [1.54, 1.807) is 12.5 Å². The van der Waals surface area contributed by atoms with Crippen LogP contribution in [0.3, 0.4) is 0 Å². The van der Waals surface area contributed by atoms with Gasteiger partial charge in [0.2, 0.25) is 0 Å². The van der Waals surface area contributed by atoms with E-state index in [1.165, 1.54) is 0 Å². The lowest BCUT2D eigenvalue weighted by molar-refractivity contribution is 1.15. The number of fused-ring (bicyclic) bond motifs is 1. The van der Waals surface area contributed by atoms with E-state index in [1.807, 2.05) is 30.6 Å². The number of nitrogens with zero attached hydrogens (tertiary/aromatic N) is 2. The van der Waals surface area contributed by atoms with E-state index in [0.29, 0.717) is 4.64 Å². The van der Waals surface area contributed by atoms with Gasteiger partial charge in [-0.15, -0.1) is 0 Å². The lowest BCUT2D eigenvalue weighted by Crippen LogP contribution is -1.87. The second-order valence-corrected chi connectivity index (χ2v) is 4.11. The van der Waals surface area contributed by atoms with Crippen molar-refractivity contribution in [2.75, 3.05) is 0 Å². The first-order chi connectivity index (χ1) is 8.36. The Kier molecular flexibility index (Phi) is 2.42. The van der Waals surface area contributed by atoms with Crippen molar-refractivity contribution in [3.63, 3.8) is 0 Å². The topological polar surface area (TPSA) is 41.6 Å². The summed E-state index contributed by atoms with van der Waals surface area (Å²) in [5.41, 5.74) is 1.92. The van der Waals surface area contributed by atoms with Crippen LogP contribution in [0.25, 0.3) is 21.9 Å². The zero-order valence-corrected chi connectivity index (χ0v) is 9.74. The summed E-state index contributed by atoms with van der Waals surface area (Å²) in [6.45, 7) is 0. The monoisotopic (exact) mass is 239 g/mol. The fourth-order valence-electron chi connectivity index (χ4n) is 1.87. The van der Waals surface area contributed by atoms with Crippen LogP contribution in [0.2, 0.25) is 0 Å². The number of hydrogen-bond acceptors (Lipinski definition) is 3. The molecule has 0 fully saturated rings. The molecule has 0 aliphatic rings. The number of pyridine rings is 1. The van der Waals surface area contributed by atoms with Crippen LogP contribution in [0, 0.1) is 4.64 Å². The molecule has 0 saturated heterocycles. The van der Waals surface area contributed by atoms with Gasteiger partial charge in [0.05, 0.1) is 6.33 Å². The Morgan fingerprint density at radius 2 is 1.76 bits per heavy atom. The highest BCUT2D eigenvalue weighted by atomic mass is 32.1. The molecule has 0 aliphatic heterocycles. The average molecular weight is 239 g/mol. The SMILES string of the molecule is S=c1[nH]cncc1-c1cncc2ccccc12. The Morgan fingerprint density at radius 3 is 2.65 bits per heavy atom. The van der Waals surface area contributed by atoms with E-state index in [0.717, 1.165) is 21.9 Å². The zero-order chi connectivity index (χ0) is 11.7. The molecule has 1 N–H and O–H groups in total. The minimum atomic E-state index is 0.679. The van der Waals surface area contributed by atoms with E-state index in [-0.39, 0.29) is 0 Å². The minimum absolute atomic E-state index is 0.679. The van der Waals surface area contributed by atoms with Crippen molar-refractivity contribution in [1.29, 1.82) is 0 Å². The molecule has 0 unspecified atom stereocenters. The highest BCUT2D eigenvalue weighted by Gasteiger charge is 2.05. The van der Waals surface area contributed by atoms with Gasteiger partial charge in [-0.25, -0.2) is 4.98 Å². The van der Waals surface area contributed by atoms with Gasteiger partial charge in [-0.1, -0.05) is 36.5 Å². The van der Waals surface area contributed by atoms with Crippen molar-refractivity contribution in [3.05, 3.63) is 53.8 Å². The maximum Gasteiger partial charge on any atom is 0.113 e.